The molecule has 0 aliphatic heterocycles. The van der Waals surface area contributed by atoms with Crippen molar-refractivity contribution >= 4 is 5.91 Å². The molecule has 1 rings (SSSR count). The monoisotopic (exact) mass is 223 g/mol. The van der Waals surface area contributed by atoms with E-state index in [0.717, 1.165) is 18.5 Å². The molecule has 1 aliphatic carbocycles. The molecule has 1 saturated carbocycles. The van der Waals surface area contributed by atoms with Gasteiger partial charge in [0.1, 0.15) is 0 Å². The van der Waals surface area contributed by atoms with Crippen LogP contribution in [0.1, 0.15) is 59.3 Å². The number of allylic oxidation sites excluding steroid dienone is 1. The van der Waals surface area contributed by atoms with Crippen molar-refractivity contribution in [2.45, 2.75) is 65.3 Å². The maximum atomic E-state index is 12.2. The van der Waals surface area contributed by atoms with E-state index >= 15 is 0 Å². The van der Waals surface area contributed by atoms with Gasteiger partial charge in [-0.25, -0.2) is 0 Å². The molecule has 1 amide bonds. The quantitative estimate of drug-likeness (QED) is 0.668. The van der Waals surface area contributed by atoms with E-state index in [1.807, 2.05) is 13.0 Å². The predicted octanol–water partition coefficient (Wildman–Crippen LogP) is 3.52. The number of rotatable bonds is 4. The lowest BCUT2D eigenvalue weighted by Gasteiger charge is -2.33. The normalized spacial score (nSPS) is 18.6. The lowest BCUT2D eigenvalue weighted by molar-refractivity contribution is -0.129. The fourth-order valence-electron chi connectivity index (χ4n) is 2.58. The van der Waals surface area contributed by atoms with E-state index in [0.29, 0.717) is 6.04 Å². The summed E-state index contributed by atoms with van der Waals surface area (Å²) in [5, 5.41) is 0. The number of hydrogen-bond acceptors (Lipinski definition) is 1. The van der Waals surface area contributed by atoms with Gasteiger partial charge in [-0.3, -0.25) is 4.79 Å². The van der Waals surface area contributed by atoms with Crippen molar-refractivity contribution in [3.63, 3.8) is 0 Å². The highest BCUT2D eigenvalue weighted by Gasteiger charge is 2.24. The van der Waals surface area contributed by atoms with E-state index in [1.54, 1.807) is 0 Å². The van der Waals surface area contributed by atoms with Gasteiger partial charge in [-0.1, -0.05) is 32.3 Å². The molecule has 0 unspecified atom stereocenters. The number of carbonyl (C=O) groups is 1. The summed E-state index contributed by atoms with van der Waals surface area (Å²) in [7, 11) is 0. The first-order valence-corrected chi connectivity index (χ1v) is 6.68. The average molecular weight is 223 g/mol. The second-order valence-corrected chi connectivity index (χ2v) is 4.68. The van der Waals surface area contributed by atoms with Gasteiger partial charge in [0.25, 0.3) is 0 Å². The Morgan fingerprint density at radius 1 is 1.25 bits per heavy atom. The van der Waals surface area contributed by atoms with Gasteiger partial charge < -0.3 is 4.90 Å². The molecule has 0 aromatic heterocycles. The standard InChI is InChI=1S/C14H25NO/c1-4-9-12(3)14(16)15(5-2)13-10-7-6-8-11-13/h9,13H,4-8,10-11H2,1-3H3/b12-9+. The Balaban J connectivity index is 2.65. The molecule has 2 heteroatoms. The zero-order valence-corrected chi connectivity index (χ0v) is 11.0. The van der Waals surface area contributed by atoms with Crippen LogP contribution in [0, 0.1) is 0 Å². The summed E-state index contributed by atoms with van der Waals surface area (Å²) in [6, 6.07) is 0.492. The van der Waals surface area contributed by atoms with Gasteiger partial charge in [-0.15, -0.1) is 0 Å². The molecule has 0 spiro atoms. The van der Waals surface area contributed by atoms with Crippen LogP contribution < -0.4 is 0 Å². The molecule has 0 heterocycles. The van der Waals surface area contributed by atoms with Crippen molar-refractivity contribution in [1.82, 2.24) is 4.90 Å². The largest absolute Gasteiger partial charge is 0.336 e. The lowest BCUT2D eigenvalue weighted by atomic mass is 9.93. The molecular formula is C14H25NO. The molecule has 92 valence electrons. The summed E-state index contributed by atoms with van der Waals surface area (Å²) in [6.07, 6.45) is 9.27. The predicted molar refractivity (Wildman–Crippen MR) is 68.3 cm³/mol. The van der Waals surface area contributed by atoms with Crippen LogP contribution >= 0.6 is 0 Å². The summed E-state index contributed by atoms with van der Waals surface area (Å²) in [5.74, 6) is 0.247. The third-order valence-electron chi connectivity index (χ3n) is 3.46. The molecule has 0 aromatic rings. The Hall–Kier alpha value is -0.790. The topological polar surface area (TPSA) is 20.3 Å². The number of carbonyl (C=O) groups excluding carboxylic acids is 1. The zero-order chi connectivity index (χ0) is 12.0. The van der Waals surface area contributed by atoms with Gasteiger partial charge >= 0.3 is 0 Å². The van der Waals surface area contributed by atoms with Gasteiger partial charge in [0.15, 0.2) is 0 Å². The fourth-order valence-corrected chi connectivity index (χ4v) is 2.58. The first-order chi connectivity index (χ1) is 7.70. The second kappa shape index (κ2) is 6.72. The average Bonchev–Trinajstić information content (AvgIpc) is 2.31. The van der Waals surface area contributed by atoms with E-state index in [9.17, 15) is 4.79 Å². The number of amides is 1. The maximum Gasteiger partial charge on any atom is 0.249 e. The molecule has 0 N–H and O–H groups in total. The van der Waals surface area contributed by atoms with E-state index < -0.39 is 0 Å². The van der Waals surface area contributed by atoms with Gasteiger partial charge in [0.2, 0.25) is 5.91 Å². The first-order valence-electron chi connectivity index (χ1n) is 6.68. The molecule has 0 radical (unpaired) electrons. The second-order valence-electron chi connectivity index (χ2n) is 4.68. The summed E-state index contributed by atoms with van der Waals surface area (Å²) in [6.45, 7) is 6.95. The molecule has 0 saturated heterocycles. The Labute approximate surface area is 99.7 Å². The lowest BCUT2D eigenvalue weighted by Crippen LogP contribution is -2.41. The third-order valence-corrected chi connectivity index (χ3v) is 3.46. The third kappa shape index (κ3) is 3.36. The maximum absolute atomic E-state index is 12.2. The number of likely N-dealkylation sites (N-methyl/N-ethyl adjacent to an activating group) is 1. The number of hydrogen-bond donors (Lipinski definition) is 0. The van der Waals surface area contributed by atoms with E-state index in [1.165, 1.54) is 32.1 Å². The fraction of sp³-hybridized carbons (Fsp3) is 0.786. The van der Waals surface area contributed by atoms with Crippen molar-refractivity contribution in [3.05, 3.63) is 11.6 Å². The van der Waals surface area contributed by atoms with Crippen LogP contribution in [-0.4, -0.2) is 23.4 Å². The van der Waals surface area contributed by atoms with Gasteiger partial charge in [0, 0.05) is 18.2 Å². The zero-order valence-electron chi connectivity index (χ0n) is 11.0. The van der Waals surface area contributed by atoms with E-state index in [2.05, 4.69) is 18.7 Å². The minimum absolute atomic E-state index is 0.247. The van der Waals surface area contributed by atoms with E-state index in [4.69, 9.17) is 0 Å². The molecule has 1 aliphatic rings. The molecule has 16 heavy (non-hydrogen) atoms. The molecule has 2 nitrogen and oxygen atoms in total. The smallest absolute Gasteiger partial charge is 0.249 e. The minimum atomic E-state index is 0.247. The summed E-state index contributed by atoms with van der Waals surface area (Å²) >= 11 is 0. The SMILES string of the molecule is CC/C=C(\C)C(=O)N(CC)C1CCCCC1. The number of nitrogens with zero attached hydrogens (tertiary/aromatic N) is 1. The van der Waals surface area contributed by atoms with Crippen LogP contribution in [0.15, 0.2) is 11.6 Å². The van der Waals surface area contributed by atoms with Crippen molar-refractivity contribution in [2.75, 3.05) is 6.54 Å². The van der Waals surface area contributed by atoms with Crippen molar-refractivity contribution in [1.29, 1.82) is 0 Å². The molecule has 1 fully saturated rings. The van der Waals surface area contributed by atoms with Crippen LogP contribution in [0.4, 0.5) is 0 Å². The molecule has 0 bridgehead atoms. The Morgan fingerprint density at radius 2 is 1.88 bits per heavy atom. The van der Waals surface area contributed by atoms with Gasteiger partial charge in [-0.05, 0) is 33.1 Å². The Kier molecular flexibility index (Phi) is 5.58. The van der Waals surface area contributed by atoms with Crippen LogP contribution in [0.2, 0.25) is 0 Å². The van der Waals surface area contributed by atoms with Crippen molar-refractivity contribution in [3.8, 4) is 0 Å². The first kappa shape index (κ1) is 13.3. The van der Waals surface area contributed by atoms with Crippen molar-refractivity contribution < 1.29 is 4.79 Å². The Morgan fingerprint density at radius 3 is 2.38 bits per heavy atom. The molecular weight excluding hydrogens is 198 g/mol. The van der Waals surface area contributed by atoms with Crippen LogP contribution in [0.25, 0.3) is 0 Å². The minimum Gasteiger partial charge on any atom is -0.336 e. The van der Waals surface area contributed by atoms with E-state index in [-0.39, 0.29) is 5.91 Å². The highest BCUT2D eigenvalue weighted by molar-refractivity contribution is 5.93. The van der Waals surface area contributed by atoms with Gasteiger partial charge in [0.05, 0.1) is 0 Å². The van der Waals surface area contributed by atoms with Gasteiger partial charge in [-0.2, -0.15) is 0 Å². The van der Waals surface area contributed by atoms with Crippen LogP contribution in [0.3, 0.4) is 0 Å². The summed E-state index contributed by atoms with van der Waals surface area (Å²) in [5.41, 5.74) is 0.912. The molecule has 0 atom stereocenters. The summed E-state index contributed by atoms with van der Waals surface area (Å²) in [4.78, 5) is 14.3. The Bertz CT molecular complexity index is 251. The van der Waals surface area contributed by atoms with Crippen LogP contribution in [0.5, 0.6) is 0 Å². The van der Waals surface area contributed by atoms with Crippen molar-refractivity contribution in [2.24, 2.45) is 0 Å². The molecule has 0 aromatic carbocycles. The highest BCUT2D eigenvalue weighted by atomic mass is 16.2. The highest BCUT2D eigenvalue weighted by Crippen LogP contribution is 2.23. The summed E-state index contributed by atoms with van der Waals surface area (Å²) < 4.78 is 0. The van der Waals surface area contributed by atoms with Crippen LogP contribution in [-0.2, 0) is 4.79 Å².